The van der Waals surface area contributed by atoms with Crippen molar-refractivity contribution in [3.8, 4) is 0 Å². The molecule has 3 saturated heterocycles. The summed E-state index contributed by atoms with van der Waals surface area (Å²) in [6.45, 7) is 13.3. The molecule has 0 unspecified atom stereocenters. The SMILES string of the molecule is CC(C)CC1(CN2CCC(F)(CN3CC4(CCN(C)CC4)C3)CC2)CC1. The summed E-state index contributed by atoms with van der Waals surface area (Å²) in [5.74, 6) is 0.792. The van der Waals surface area contributed by atoms with Gasteiger partial charge in [-0.1, -0.05) is 13.8 Å². The van der Waals surface area contributed by atoms with Crippen LogP contribution in [0.4, 0.5) is 4.39 Å². The highest BCUT2D eigenvalue weighted by Crippen LogP contribution is 2.51. The lowest BCUT2D eigenvalue weighted by molar-refractivity contribution is -0.0792. The van der Waals surface area contributed by atoms with Gasteiger partial charge in [-0.3, -0.25) is 4.90 Å². The number of piperidine rings is 2. The van der Waals surface area contributed by atoms with E-state index < -0.39 is 5.67 Å². The number of hydrogen-bond donors (Lipinski definition) is 0. The third-order valence-electron chi connectivity index (χ3n) is 7.78. The van der Waals surface area contributed by atoms with Crippen LogP contribution in [0, 0.1) is 16.7 Å². The van der Waals surface area contributed by atoms with Crippen molar-refractivity contribution in [1.82, 2.24) is 14.7 Å². The average Bonchev–Trinajstić information content (AvgIpc) is 3.29. The number of nitrogens with zero attached hydrogens (tertiary/aromatic N) is 3. The molecular formula is C22H40FN3. The predicted molar refractivity (Wildman–Crippen MR) is 106 cm³/mol. The smallest absolute Gasteiger partial charge is 0.126 e. The Morgan fingerprint density at radius 1 is 0.808 bits per heavy atom. The predicted octanol–water partition coefficient (Wildman–Crippen LogP) is 3.64. The molecule has 26 heavy (non-hydrogen) atoms. The van der Waals surface area contributed by atoms with Gasteiger partial charge in [0.15, 0.2) is 0 Å². The first-order chi connectivity index (χ1) is 12.3. The molecule has 1 saturated carbocycles. The normalized spacial score (nSPS) is 31.3. The lowest BCUT2D eigenvalue weighted by Crippen LogP contribution is -2.63. The first-order valence-corrected chi connectivity index (χ1v) is 11.1. The van der Waals surface area contributed by atoms with Crippen LogP contribution < -0.4 is 0 Å². The molecule has 0 radical (unpaired) electrons. The van der Waals surface area contributed by atoms with E-state index in [-0.39, 0.29) is 0 Å². The molecule has 0 amide bonds. The van der Waals surface area contributed by atoms with Crippen LogP contribution >= 0.6 is 0 Å². The fraction of sp³-hybridized carbons (Fsp3) is 1.00. The first-order valence-electron chi connectivity index (χ1n) is 11.1. The molecule has 4 rings (SSSR count). The number of likely N-dealkylation sites (tertiary alicyclic amines) is 3. The molecule has 150 valence electrons. The summed E-state index contributed by atoms with van der Waals surface area (Å²) >= 11 is 0. The number of hydrogen-bond acceptors (Lipinski definition) is 3. The Morgan fingerprint density at radius 2 is 1.42 bits per heavy atom. The molecular weight excluding hydrogens is 325 g/mol. The molecule has 3 aliphatic heterocycles. The van der Waals surface area contributed by atoms with Crippen molar-refractivity contribution in [3.63, 3.8) is 0 Å². The van der Waals surface area contributed by atoms with E-state index in [1.54, 1.807) is 0 Å². The summed E-state index contributed by atoms with van der Waals surface area (Å²) in [6, 6.07) is 0. The minimum atomic E-state index is -0.932. The van der Waals surface area contributed by atoms with Crippen LogP contribution in [-0.2, 0) is 0 Å². The minimum Gasteiger partial charge on any atom is -0.306 e. The van der Waals surface area contributed by atoms with Gasteiger partial charge in [-0.15, -0.1) is 0 Å². The van der Waals surface area contributed by atoms with Crippen LogP contribution in [0.15, 0.2) is 0 Å². The van der Waals surface area contributed by atoms with Crippen LogP contribution in [0.25, 0.3) is 0 Å². The van der Waals surface area contributed by atoms with E-state index >= 15 is 4.39 Å². The van der Waals surface area contributed by atoms with E-state index in [0.29, 0.717) is 17.4 Å². The van der Waals surface area contributed by atoms with Gasteiger partial charge in [0.2, 0.25) is 0 Å². The minimum absolute atomic E-state index is 0.527. The van der Waals surface area contributed by atoms with E-state index in [1.165, 1.54) is 51.7 Å². The second-order valence-electron chi connectivity index (χ2n) is 11.0. The van der Waals surface area contributed by atoms with Crippen LogP contribution in [0.3, 0.4) is 0 Å². The number of alkyl halides is 1. The fourth-order valence-electron chi connectivity index (χ4n) is 6.04. The van der Waals surface area contributed by atoms with Gasteiger partial charge >= 0.3 is 0 Å². The Hall–Kier alpha value is -0.190. The van der Waals surface area contributed by atoms with Crippen molar-refractivity contribution in [2.45, 2.75) is 64.5 Å². The lowest BCUT2D eigenvalue weighted by Gasteiger charge is -2.55. The highest BCUT2D eigenvalue weighted by Gasteiger charge is 2.49. The summed E-state index contributed by atoms with van der Waals surface area (Å²) in [6.07, 6.45) is 8.26. The largest absolute Gasteiger partial charge is 0.306 e. The number of halogens is 1. The molecule has 3 heterocycles. The summed E-state index contributed by atoms with van der Waals surface area (Å²) in [5.41, 5.74) is 0.180. The third kappa shape index (κ3) is 4.28. The molecule has 0 aromatic carbocycles. The monoisotopic (exact) mass is 365 g/mol. The molecule has 0 aromatic rings. The maximum absolute atomic E-state index is 15.4. The topological polar surface area (TPSA) is 9.72 Å². The summed E-state index contributed by atoms with van der Waals surface area (Å²) < 4.78 is 15.4. The molecule has 4 aliphatic rings. The molecule has 0 bridgehead atoms. The number of rotatable bonds is 6. The maximum Gasteiger partial charge on any atom is 0.126 e. The zero-order chi connectivity index (χ0) is 18.4. The van der Waals surface area contributed by atoms with Crippen molar-refractivity contribution < 1.29 is 4.39 Å². The van der Waals surface area contributed by atoms with Crippen molar-refractivity contribution in [2.75, 3.05) is 59.4 Å². The van der Waals surface area contributed by atoms with Crippen LogP contribution in [0.5, 0.6) is 0 Å². The van der Waals surface area contributed by atoms with Crippen LogP contribution in [0.1, 0.15) is 58.8 Å². The highest BCUT2D eigenvalue weighted by atomic mass is 19.1. The standard InChI is InChI=1S/C22H40FN3/c1-19(2)14-20(4-5-20)15-25-12-8-22(23,9-13-25)18-26-16-21(17-26)6-10-24(3)11-7-21/h19H,4-18H2,1-3H3. The van der Waals surface area contributed by atoms with Gasteiger partial charge in [-0.2, -0.15) is 0 Å². The molecule has 1 aliphatic carbocycles. The molecule has 0 N–H and O–H groups in total. The van der Waals surface area contributed by atoms with Crippen LogP contribution in [0.2, 0.25) is 0 Å². The van der Waals surface area contributed by atoms with Gasteiger partial charge < -0.3 is 9.80 Å². The third-order valence-corrected chi connectivity index (χ3v) is 7.78. The Balaban J connectivity index is 1.20. The molecule has 4 fully saturated rings. The molecule has 0 aromatic heterocycles. The summed E-state index contributed by atoms with van der Waals surface area (Å²) in [7, 11) is 2.22. The van der Waals surface area contributed by atoms with Crippen molar-refractivity contribution in [3.05, 3.63) is 0 Å². The highest BCUT2D eigenvalue weighted by molar-refractivity contribution is 5.02. The van der Waals surface area contributed by atoms with Crippen molar-refractivity contribution in [2.24, 2.45) is 16.7 Å². The molecule has 4 heteroatoms. The molecule has 0 atom stereocenters. The van der Waals surface area contributed by atoms with Crippen molar-refractivity contribution >= 4 is 0 Å². The molecule has 3 nitrogen and oxygen atoms in total. The van der Waals surface area contributed by atoms with Crippen molar-refractivity contribution in [1.29, 1.82) is 0 Å². The van der Waals surface area contributed by atoms with E-state index in [4.69, 9.17) is 0 Å². The Kier molecular flexibility index (Phi) is 5.16. The van der Waals surface area contributed by atoms with Gasteiger partial charge in [0, 0.05) is 39.3 Å². The van der Waals surface area contributed by atoms with Gasteiger partial charge in [0.1, 0.15) is 5.67 Å². The Bertz CT molecular complexity index is 478. The summed E-state index contributed by atoms with van der Waals surface area (Å²) in [5, 5.41) is 0. The van der Waals surface area contributed by atoms with E-state index in [0.717, 1.165) is 44.9 Å². The van der Waals surface area contributed by atoms with E-state index in [9.17, 15) is 0 Å². The maximum atomic E-state index is 15.4. The van der Waals surface area contributed by atoms with Gasteiger partial charge in [-0.25, -0.2) is 4.39 Å². The average molecular weight is 366 g/mol. The zero-order valence-corrected chi connectivity index (χ0v) is 17.4. The zero-order valence-electron chi connectivity index (χ0n) is 17.4. The fourth-order valence-corrected chi connectivity index (χ4v) is 6.04. The lowest BCUT2D eigenvalue weighted by atomic mass is 9.71. The van der Waals surface area contributed by atoms with Crippen LogP contribution in [-0.4, -0.2) is 79.8 Å². The van der Waals surface area contributed by atoms with Gasteiger partial charge in [0.25, 0.3) is 0 Å². The van der Waals surface area contributed by atoms with E-state index in [2.05, 4.69) is 35.6 Å². The first kappa shape index (κ1) is 19.1. The Labute approximate surface area is 160 Å². The Morgan fingerprint density at radius 3 is 1.96 bits per heavy atom. The summed E-state index contributed by atoms with van der Waals surface area (Å²) in [4.78, 5) is 7.43. The second-order valence-corrected chi connectivity index (χ2v) is 11.0. The van der Waals surface area contributed by atoms with Gasteiger partial charge in [-0.05, 0) is 81.8 Å². The second kappa shape index (κ2) is 7.00. The van der Waals surface area contributed by atoms with E-state index in [1.807, 2.05) is 0 Å². The van der Waals surface area contributed by atoms with Gasteiger partial charge in [0.05, 0.1) is 0 Å². The quantitative estimate of drug-likeness (QED) is 0.711. The molecule has 1 spiro atoms.